The Balaban J connectivity index is 3.06. The summed E-state index contributed by atoms with van der Waals surface area (Å²) in [5.41, 5.74) is 8.00. The minimum atomic E-state index is -0.0500. The summed E-state index contributed by atoms with van der Waals surface area (Å²) in [6, 6.07) is 5.51. The molecule has 0 heterocycles. The highest BCUT2D eigenvalue weighted by Gasteiger charge is 2.14. The predicted molar refractivity (Wildman–Crippen MR) is 77.0 cm³/mol. The monoisotopic (exact) mass is 249 g/mol. The van der Waals surface area contributed by atoms with Crippen LogP contribution in [0.5, 0.6) is 0 Å². The molecule has 3 N–H and O–H groups in total. The van der Waals surface area contributed by atoms with Crippen molar-refractivity contribution in [1.82, 2.24) is 5.32 Å². The summed E-state index contributed by atoms with van der Waals surface area (Å²) in [6.45, 7) is 8.61. The average molecular weight is 249 g/mol. The normalized spacial score (nSPS) is 10.2. The molecule has 0 saturated carbocycles. The smallest absolute Gasteiger partial charge is 0.253 e. The summed E-state index contributed by atoms with van der Waals surface area (Å²) in [4.78, 5) is 14.3. The molecule has 0 aromatic heterocycles. The van der Waals surface area contributed by atoms with Crippen LogP contribution in [0.2, 0.25) is 0 Å². The van der Waals surface area contributed by atoms with E-state index in [0.717, 1.165) is 25.2 Å². The van der Waals surface area contributed by atoms with Gasteiger partial charge in [-0.1, -0.05) is 6.92 Å². The first-order chi connectivity index (χ1) is 8.63. The number of nitrogens with one attached hydrogen (secondary N) is 1. The Morgan fingerprint density at radius 1 is 1.28 bits per heavy atom. The van der Waals surface area contributed by atoms with Gasteiger partial charge >= 0.3 is 0 Å². The van der Waals surface area contributed by atoms with Gasteiger partial charge in [0.2, 0.25) is 0 Å². The first kappa shape index (κ1) is 14.4. The number of carbonyl (C=O) groups is 1. The Bertz CT molecular complexity index is 400. The molecule has 0 saturated heterocycles. The Kier molecular flexibility index (Phi) is 5.49. The third kappa shape index (κ3) is 3.39. The number of hydrogen-bond donors (Lipinski definition) is 2. The van der Waals surface area contributed by atoms with Gasteiger partial charge in [-0.05, 0) is 38.5 Å². The second-order valence-corrected chi connectivity index (χ2v) is 4.20. The van der Waals surface area contributed by atoms with E-state index in [4.69, 9.17) is 5.73 Å². The van der Waals surface area contributed by atoms with Crippen molar-refractivity contribution in [2.24, 2.45) is 0 Å². The van der Waals surface area contributed by atoms with Crippen molar-refractivity contribution in [1.29, 1.82) is 0 Å². The Morgan fingerprint density at radius 3 is 2.50 bits per heavy atom. The second kappa shape index (κ2) is 6.89. The van der Waals surface area contributed by atoms with Crippen LogP contribution in [0.1, 0.15) is 37.6 Å². The molecule has 100 valence electrons. The van der Waals surface area contributed by atoms with Crippen LogP contribution in [0.4, 0.5) is 11.4 Å². The van der Waals surface area contributed by atoms with Crippen LogP contribution in [0.25, 0.3) is 0 Å². The molecule has 0 spiro atoms. The number of amides is 1. The van der Waals surface area contributed by atoms with Gasteiger partial charge in [-0.2, -0.15) is 0 Å². The van der Waals surface area contributed by atoms with Gasteiger partial charge in [0.15, 0.2) is 0 Å². The van der Waals surface area contributed by atoms with Gasteiger partial charge in [0.25, 0.3) is 5.91 Å². The maximum atomic E-state index is 12.1. The lowest BCUT2D eigenvalue weighted by molar-refractivity contribution is 0.0954. The molecule has 1 rings (SSSR count). The minimum absolute atomic E-state index is 0.0500. The molecule has 4 heteroatoms. The molecule has 0 atom stereocenters. The van der Waals surface area contributed by atoms with Crippen LogP contribution in [-0.2, 0) is 0 Å². The molecule has 0 aliphatic rings. The predicted octanol–water partition coefficient (Wildman–Crippen LogP) is 2.25. The fourth-order valence-electron chi connectivity index (χ4n) is 1.91. The van der Waals surface area contributed by atoms with Crippen LogP contribution >= 0.6 is 0 Å². The molecular formula is C14H23N3O. The van der Waals surface area contributed by atoms with Gasteiger partial charge in [-0.3, -0.25) is 4.79 Å². The van der Waals surface area contributed by atoms with Crippen molar-refractivity contribution in [3.63, 3.8) is 0 Å². The molecule has 0 aliphatic carbocycles. The van der Waals surface area contributed by atoms with E-state index in [1.165, 1.54) is 0 Å². The molecule has 4 nitrogen and oxygen atoms in total. The van der Waals surface area contributed by atoms with Crippen molar-refractivity contribution >= 4 is 17.3 Å². The van der Waals surface area contributed by atoms with Crippen LogP contribution in [-0.4, -0.2) is 25.5 Å². The maximum Gasteiger partial charge on any atom is 0.253 e. The van der Waals surface area contributed by atoms with Gasteiger partial charge in [-0.15, -0.1) is 0 Å². The molecule has 0 bridgehead atoms. The number of rotatable bonds is 6. The topological polar surface area (TPSA) is 58.4 Å². The van der Waals surface area contributed by atoms with E-state index in [2.05, 4.69) is 24.1 Å². The number of nitrogens with zero attached hydrogens (tertiary/aromatic N) is 1. The Labute approximate surface area is 109 Å². The molecule has 1 aromatic rings. The zero-order valence-corrected chi connectivity index (χ0v) is 11.5. The first-order valence-corrected chi connectivity index (χ1v) is 6.56. The summed E-state index contributed by atoms with van der Waals surface area (Å²) in [5, 5.41) is 2.90. The standard InChI is InChI=1S/C14H23N3O/c1-4-9-16-14(18)12-10-11(15)7-8-13(12)17(5-2)6-3/h7-8,10H,4-6,9,15H2,1-3H3,(H,16,18). The van der Waals surface area contributed by atoms with Crippen LogP contribution in [0.15, 0.2) is 18.2 Å². The minimum Gasteiger partial charge on any atom is -0.399 e. The van der Waals surface area contributed by atoms with Crippen molar-refractivity contribution in [2.75, 3.05) is 30.3 Å². The largest absolute Gasteiger partial charge is 0.399 e. The van der Waals surface area contributed by atoms with Crippen LogP contribution < -0.4 is 16.0 Å². The third-order valence-corrected chi connectivity index (χ3v) is 2.90. The molecule has 0 radical (unpaired) electrons. The van der Waals surface area contributed by atoms with Crippen molar-refractivity contribution < 1.29 is 4.79 Å². The quantitative estimate of drug-likeness (QED) is 0.760. The number of carbonyl (C=O) groups excluding carboxylic acids is 1. The average Bonchev–Trinajstić information content (AvgIpc) is 2.38. The lowest BCUT2D eigenvalue weighted by Crippen LogP contribution is -2.29. The fraction of sp³-hybridized carbons (Fsp3) is 0.500. The zero-order chi connectivity index (χ0) is 13.5. The highest BCUT2D eigenvalue weighted by Crippen LogP contribution is 2.23. The number of anilines is 2. The molecule has 1 aromatic carbocycles. The summed E-state index contributed by atoms with van der Waals surface area (Å²) < 4.78 is 0. The van der Waals surface area contributed by atoms with E-state index in [-0.39, 0.29) is 5.91 Å². The van der Waals surface area contributed by atoms with E-state index in [1.807, 2.05) is 19.1 Å². The summed E-state index contributed by atoms with van der Waals surface area (Å²) >= 11 is 0. The van der Waals surface area contributed by atoms with Crippen LogP contribution in [0.3, 0.4) is 0 Å². The lowest BCUT2D eigenvalue weighted by atomic mass is 10.1. The van der Waals surface area contributed by atoms with E-state index < -0.39 is 0 Å². The molecule has 1 amide bonds. The summed E-state index contributed by atoms with van der Waals surface area (Å²) in [7, 11) is 0. The number of nitrogens with two attached hydrogens (primary N) is 1. The fourth-order valence-corrected chi connectivity index (χ4v) is 1.91. The SMILES string of the molecule is CCCNC(=O)c1cc(N)ccc1N(CC)CC. The Hall–Kier alpha value is -1.71. The molecular weight excluding hydrogens is 226 g/mol. The first-order valence-electron chi connectivity index (χ1n) is 6.56. The summed E-state index contributed by atoms with van der Waals surface area (Å²) in [6.07, 6.45) is 0.925. The van der Waals surface area contributed by atoms with E-state index in [9.17, 15) is 4.79 Å². The van der Waals surface area contributed by atoms with E-state index >= 15 is 0 Å². The molecule has 18 heavy (non-hydrogen) atoms. The van der Waals surface area contributed by atoms with Crippen LogP contribution in [0, 0.1) is 0 Å². The van der Waals surface area contributed by atoms with Crippen molar-refractivity contribution in [2.45, 2.75) is 27.2 Å². The number of benzene rings is 1. The molecule has 0 unspecified atom stereocenters. The lowest BCUT2D eigenvalue weighted by Gasteiger charge is -2.24. The van der Waals surface area contributed by atoms with Crippen molar-refractivity contribution in [3.8, 4) is 0 Å². The number of hydrogen-bond acceptors (Lipinski definition) is 3. The highest BCUT2D eigenvalue weighted by atomic mass is 16.1. The van der Waals surface area contributed by atoms with E-state index in [0.29, 0.717) is 17.8 Å². The zero-order valence-electron chi connectivity index (χ0n) is 11.5. The van der Waals surface area contributed by atoms with Gasteiger partial charge in [-0.25, -0.2) is 0 Å². The molecule has 0 fully saturated rings. The molecule has 0 aliphatic heterocycles. The Morgan fingerprint density at radius 2 is 1.94 bits per heavy atom. The maximum absolute atomic E-state index is 12.1. The van der Waals surface area contributed by atoms with Gasteiger partial charge in [0.1, 0.15) is 0 Å². The van der Waals surface area contributed by atoms with Gasteiger partial charge in [0, 0.05) is 31.0 Å². The van der Waals surface area contributed by atoms with E-state index in [1.54, 1.807) is 6.07 Å². The third-order valence-electron chi connectivity index (χ3n) is 2.90. The summed E-state index contributed by atoms with van der Waals surface area (Å²) in [5.74, 6) is -0.0500. The van der Waals surface area contributed by atoms with Gasteiger partial charge < -0.3 is 16.0 Å². The van der Waals surface area contributed by atoms with Crippen molar-refractivity contribution in [3.05, 3.63) is 23.8 Å². The number of nitrogen functional groups attached to an aromatic ring is 1. The second-order valence-electron chi connectivity index (χ2n) is 4.20. The highest BCUT2D eigenvalue weighted by molar-refractivity contribution is 6.00. The van der Waals surface area contributed by atoms with Gasteiger partial charge in [0.05, 0.1) is 5.56 Å².